The number of rotatable bonds is 10. The summed E-state index contributed by atoms with van der Waals surface area (Å²) >= 11 is 2.13. The van der Waals surface area contributed by atoms with Crippen molar-refractivity contribution < 1.29 is 14.3 Å². The molecule has 0 fully saturated rings. The number of aryl methyl sites for hydroxylation is 1. The lowest BCUT2D eigenvalue weighted by Crippen LogP contribution is -2.25. The first-order valence-electron chi connectivity index (χ1n) is 9.14. The number of benzene rings is 2. The molecule has 0 aliphatic heterocycles. The van der Waals surface area contributed by atoms with Crippen molar-refractivity contribution in [1.82, 2.24) is 5.32 Å². The van der Waals surface area contributed by atoms with E-state index in [-0.39, 0.29) is 11.5 Å². The molecule has 6 heteroatoms. The Hall–Kier alpha value is -2.79. The van der Waals surface area contributed by atoms with Crippen LogP contribution in [-0.2, 0) is 11.2 Å². The van der Waals surface area contributed by atoms with Crippen molar-refractivity contribution in [1.29, 1.82) is 5.26 Å². The van der Waals surface area contributed by atoms with Gasteiger partial charge in [-0.25, -0.2) is 0 Å². The van der Waals surface area contributed by atoms with E-state index in [1.807, 2.05) is 30.3 Å². The van der Waals surface area contributed by atoms with Gasteiger partial charge >= 0.3 is 0 Å². The average Bonchev–Trinajstić information content (AvgIpc) is 2.74. The number of carbonyl (C=O) groups is 1. The summed E-state index contributed by atoms with van der Waals surface area (Å²) in [6, 6.07) is 15.6. The van der Waals surface area contributed by atoms with E-state index in [1.165, 1.54) is 5.56 Å². The fourth-order valence-corrected chi connectivity index (χ4v) is 3.44. The third-order valence-electron chi connectivity index (χ3n) is 4.04. The van der Waals surface area contributed by atoms with Crippen molar-refractivity contribution in [2.75, 3.05) is 20.3 Å². The minimum atomic E-state index is -0.387. The quantitative estimate of drug-likeness (QED) is 0.171. The van der Waals surface area contributed by atoms with Gasteiger partial charge in [0.1, 0.15) is 18.2 Å². The molecule has 0 saturated heterocycles. The number of ether oxygens (including phenoxy) is 2. The average molecular weight is 502 g/mol. The highest BCUT2D eigenvalue weighted by molar-refractivity contribution is 14.1. The van der Waals surface area contributed by atoms with Gasteiger partial charge in [0.25, 0.3) is 5.91 Å². The van der Waals surface area contributed by atoms with E-state index in [0.717, 1.165) is 16.4 Å². The molecular formula is C23H23IN2O3. The van der Waals surface area contributed by atoms with E-state index in [1.54, 1.807) is 25.3 Å². The summed E-state index contributed by atoms with van der Waals surface area (Å²) in [6.45, 7) is 4.50. The number of methoxy groups -OCH3 is 1. The zero-order chi connectivity index (χ0) is 21.1. The number of halogens is 1. The molecule has 0 aromatic heterocycles. The molecule has 2 aromatic carbocycles. The van der Waals surface area contributed by atoms with Crippen LogP contribution in [0.1, 0.15) is 17.5 Å². The summed E-state index contributed by atoms with van der Waals surface area (Å²) in [7, 11) is 1.55. The van der Waals surface area contributed by atoms with Gasteiger partial charge in [-0.1, -0.05) is 43.0 Å². The Morgan fingerprint density at radius 3 is 2.72 bits per heavy atom. The van der Waals surface area contributed by atoms with Crippen molar-refractivity contribution in [3.8, 4) is 17.6 Å². The Labute approximate surface area is 185 Å². The fourth-order valence-electron chi connectivity index (χ4n) is 2.66. The normalized spacial score (nSPS) is 10.7. The molecule has 2 rings (SSSR count). The largest absolute Gasteiger partial charge is 0.493 e. The highest BCUT2D eigenvalue weighted by Crippen LogP contribution is 2.34. The van der Waals surface area contributed by atoms with Crippen LogP contribution in [0, 0.1) is 14.9 Å². The molecule has 0 aliphatic rings. The molecule has 0 bridgehead atoms. The minimum Gasteiger partial charge on any atom is -0.493 e. The lowest BCUT2D eigenvalue weighted by Gasteiger charge is -2.12. The molecule has 0 unspecified atom stereocenters. The molecule has 150 valence electrons. The van der Waals surface area contributed by atoms with Gasteiger partial charge in [0, 0.05) is 6.54 Å². The number of nitrogens with one attached hydrogen (secondary N) is 1. The predicted molar refractivity (Wildman–Crippen MR) is 123 cm³/mol. The first-order valence-corrected chi connectivity index (χ1v) is 10.2. The highest BCUT2D eigenvalue weighted by atomic mass is 127. The smallest absolute Gasteiger partial charge is 0.261 e. The van der Waals surface area contributed by atoms with Crippen molar-refractivity contribution in [3.63, 3.8) is 0 Å². The summed E-state index contributed by atoms with van der Waals surface area (Å²) in [4.78, 5) is 12.4. The zero-order valence-electron chi connectivity index (χ0n) is 16.3. The number of hydrogen-bond donors (Lipinski definition) is 1. The maximum atomic E-state index is 12.4. The third-order valence-corrected chi connectivity index (χ3v) is 4.85. The molecule has 0 spiro atoms. The van der Waals surface area contributed by atoms with Crippen molar-refractivity contribution in [2.45, 2.75) is 12.8 Å². The van der Waals surface area contributed by atoms with Crippen LogP contribution in [0.25, 0.3) is 6.08 Å². The Morgan fingerprint density at radius 1 is 1.31 bits per heavy atom. The molecule has 2 aromatic rings. The topological polar surface area (TPSA) is 71.3 Å². The van der Waals surface area contributed by atoms with E-state index in [4.69, 9.17) is 9.47 Å². The van der Waals surface area contributed by atoms with Crippen molar-refractivity contribution in [2.24, 2.45) is 0 Å². The third kappa shape index (κ3) is 6.95. The fraction of sp³-hybridized carbons (Fsp3) is 0.217. The zero-order valence-corrected chi connectivity index (χ0v) is 18.4. The summed E-state index contributed by atoms with van der Waals surface area (Å²) in [5, 5.41) is 12.2. The second kappa shape index (κ2) is 11.9. The van der Waals surface area contributed by atoms with Gasteiger partial charge in [-0.05, 0) is 64.8 Å². The summed E-state index contributed by atoms with van der Waals surface area (Å²) in [5.41, 5.74) is 1.95. The van der Waals surface area contributed by atoms with Gasteiger partial charge in [-0.15, -0.1) is 0 Å². The van der Waals surface area contributed by atoms with Crippen LogP contribution in [0.3, 0.4) is 0 Å². The molecule has 0 heterocycles. The Morgan fingerprint density at radius 2 is 2.07 bits per heavy atom. The lowest BCUT2D eigenvalue weighted by atomic mass is 10.1. The monoisotopic (exact) mass is 502 g/mol. The molecule has 0 radical (unpaired) electrons. The Balaban J connectivity index is 2.04. The van der Waals surface area contributed by atoms with Crippen LogP contribution in [0.4, 0.5) is 0 Å². The molecule has 1 N–H and O–H groups in total. The number of carbonyl (C=O) groups excluding carboxylic acids is 1. The number of nitrogens with zero attached hydrogens (tertiary/aromatic N) is 1. The van der Waals surface area contributed by atoms with Gasteiger partial charge in [-0.3, -0.25) is 4.79 Å². The number of nitriles is 1. The van der Waals surface area contributed by atoms with E-state index < -0.39 is 0 Å². The van der Waals surface area contributed by atoms with Gasteiger partial charge in [-0.2, -0.15) is 5.26 Å². The maximum Gasteiger partial charge on any atom is 0.261 e. The number of hydrogen-bond acceptors (Lipinski definition) is 4. The summed E-state index contributed by atoms with van der Waals surface area (Å²) in [5.74, 6) is 0.751. The first-order chi connectivity index (χ1) is 14.1. The number of amides is 1. The van der Waals surface area contributed by atoms with Gasteiger partial charge < -0.3 is 14.8 Å². The predicted octanol–water partition coefficient (Wildman–Crippen LogP) is 4.52. The lowest BCUT2D eigenvalue weighted by molar-refractivity contribution is -0.117. The first kappa shape index (κ1) is 22.5. The van der Waals surface area contributed by atoms with Crippen LogP contribution in [0.2, 0.25) is 0 Å². The molecule has 5 nitrogen and oxygen atoms in total. The standard InChI is InChI=1S/C23H23IN2O3/c1-3-12-29-22-20(24)14-18(15-21(22)28-2)13-19(16-25)23(27)26-11-7-10-17-8-5-4-6-9-17/h3-6,8-9,13-15H,1,7,10-12H2,2H3,(H,26,27)/b19-13+. The van der Waals surface area contributed by atoms with Crippen LogP contribution in [-0.4, -0.2) is 26.2 Å². The molecule has 1 amide bonds. The maximum absolute atomic E-state index is 12.4. The second-order valence-electron chi connectivity index (χ2n) is 6.15. The van der Waals surface area contributed by atoms with Crippen molar-refractivity contribution >= 4 is 34.6 Å². The molecule has 0 saturated carbocycles. The highest BCUT2D eigenvalue weighted by Gasteiger charge is 2.13. The SMILES string of the molecule is C=CCOc1c(I)cc(/C=C(\C#N)C(=O)NCCCc2ccccc2)cc1OC. The molecule has 0 atom stereocenters. The Bertz CT molecular complexity index is 918. The summed E-state index contributed by atoms with van der Waals surface area (Å²) < 4.78 is 11.8. The van der Waals surface area contributed by atoms with Gasteiger partial charge in [0.05, 0.1) is 10.7 Å². The van der Waals surface area contributed by atoms with E-state index in [0.29, 0.717) is 30.2 Å². The van der Waals surface area contributed by atoms with Gasteiger partial charge in [0.15, 0.2) is 11.5 Å². The summed E-state index contributed by atoms with van der Waals surface area (Å²) in [6.07, 6.45) is 4.87. The van der Waals surface area contributed by atoms with E-state index >= 15 is 0 Å². The van der Waals surface area contributed by atoms with Crippen LogP contribution in [0.5, 0.6) is 11.5 Å². The minimum absolute atomic E-state index is 0.0438. The van der Waals surface area contributed by atoms with Gasteiger partial charge in [0.2, 0.25) is 0 Å². The van der Waals surface area contributed by atoms with E-state index in [9.17, 15) is 10.1 Å². The van der Waals surface area contributed by atoms with Crippen molar-refractivity contribution in [3.05, 3.63) is 75.4 Å². The van der Waals surface area contributed by atoms with E-state index in [2.05, 4.69) is 46.6 Å². The van der Waals surface area contributed by atoms with Crippen LogP contribution >= 0.6 is 22.6 Å². The molecule has 0 aliphatic carbocycles. The molecular weight excluding hydrogens is 479 g/mol. The van der Waals surface area contributed by atoms with Crippen LogP contribution < -0.4 is 14.8 Å². The van der Waals surface area contributed by atoms with Crippen LogP contribution in [0.15, 0.2) is 60.7 Å². The Kier molecular flexibility index (Phi) is 9.25. The second-order valence-corrected chi connectivity index (χ2v) is 7.31. The molecule has 29 heavy (non-hydrogen) atoms.